The van der Waals surface area contributed by atoms with Crippen LogP contribution in [0.15, 0.2) is 170 Å². The predicted molar refractivity (Wildman–Crippen MR) is 276 cm³/mol. The van der Waals surface area contributed by atoms with E-state index >= 15 is 0 Å². The molecule has 0 saturated heterocycles. The van der Waals surface area contributed by atoms with Crippen molar-refractivity contribution < 1.29 is 0 Å². The van der Waals surface area contributed by atoms with Crippen LogP contribution in [0, 0.1) is 0 Å². The van der Waals surface area contributed by atoms with E-state index in [1.807, 2.05) is 0 Å². The summed E-state index contributed by atoms with van der Waals surface area (Å²) in [7, 11) is 0. The highest BCUT2D eigenvalue weighted by atomic mass is 15.1. The lowest BCUT2D eigenvalue weighted by Gasteiger charge is -2.32. The van der Waals surface area contributed by atoms with Crippen molar-refractivity contribution in [1.29, 1.82) is 0 Å². The maximum absolute atomic E-state index is 3.98. The number of benzene rings is 8. The molecule has 4 heteroatoms. The molecule has 0 unspecified atom stereocenters. The maximum Gasteiger partial charge on any atom is 0.212 e. The molecule has 0 spiro atoms. The molecule has 0 bridgehead atoms. The predicted octanol–water partition coefficient (Wildman–Crippen LogP) is 15.1. The van der Waals surface area contributed by atoms with Gasteiger partial charge >= 0.3 is 0 Å². The van der Waals surface area contributed by atoms with E-state index in [0.717, 1.165) is 28.4 Å². The van der Waals surface area contributed by atoms with Gasteiger partial charge in [-0.1, -0.05) is 171 Å². The van der Waals surface area contributed by atoms with Gasteiger partial charge in [0.15, 0.2) is 0 Å². The van der Waals surface area contributed by atoms with Gasteiger partial charge in [0.1, 0.15) is 0 Å². The minimum atomic E-state index is -0.152. The van der Waals surface area contributed by atoms with Crippen LogP contribution >= 0.6 is 0 Å². The van der Waals surface area contributed by atoms with Gasteiger partial charge in [-0.25, -0.2) is 0 Å². The second kappa shape index (κ2) is 14.4. The van der Waals surface area contributed by atoms with Crippen molar-refractivity contribution in [2.45, 2.75) is 78.5 Å². The number of rotatable bonds is 6. The van der Waals surface area contributed by atoms with E-state index in [9.17, 15) is 0 Å². The van der Waals surface area contributed by atoms with Crippen LogP contribution in [0.1, 0.15) is 77.6 Å². The molecule has 1 aliphatic heterocycles. The van der Waals surface area contributed by atoms with Crippen LogP contribution in [-0.4, -0.2) is 11.3 Å². The molecule has 3 nitrogen and oxygen atoms in total. The van der Waals surface area contributed by atoms with Crippen molar-refractivity contribution >= 4 is 67.9 Å². The molecular formula is C60H56BN3. The first-order valence-corrected chi connectivity index (χ1v) is 23.0. The molecule has 9 aromatic rings. The topological polar surface area (TPSA) is 20.2 Å². The number of nitrogens with zero attached hydrogens (tertiary/aromatic N) is 2. The Morgan fingerprint density at radius 2 is 1.19 bits per heavy atom. The molecular weight excluding hydrogens is 773 g/mol. The Labute approximate surface area is 379 Å². The number of anilines is 5. The van der Waals surface area contributed by atoms with E-state index in [4.69, 9.17) is 0 Å². The maximum atomic E-state index is 3.98. The molecule has 1 aliphatic carbocycles. The number of hydrogen-bond acceptors (Lipinski definition) is 2. The second-order valence-corrected chi connectivity index (χ2v) is 20.7. The van der Waals surface area contributed by atoms with Gasteiger partial charge in [0.25, 0.3) is 0 Å². The van der Waals surface area contributed by atoms with E-state index < -0.39 is 0 Å². The Bertz CT molecular complexity index is 3250. The van der Waals surface area contributed by atoms with Gasteiger partial charge in [-0.3, -0.25) is 0 Å². The van der Waals surface area contributed by atoms with Gasteiger partial charge in [0.2, 0.25) is 6.71 Å². The summed E-state index contributed by atoms with van der Waals surface area (Å²) < 4.78 is 2.63. The second-order valence-electron chi connectivity index (χ2n) is 20.7. The van der Waals surface area contributed by atoms with Crippen LogP contribution in [0.3, 0.4) is 0 Å². The number of aromatic nitrogens is 1. The number of fused-ring (bicyclic) bond motifs is 8. The third-order valence-corrected chi connectivity index (χ3v) is 14.3. The van der Waals surface area contributed by atoms with Gasteiger partial charge < -0.3 is 14.8 Å². The van der Waals surface area contributed by atoms with Crippen LogP contribution in [0.4, 0.5) is 28.4 Å². The van der Waals surface area contributed by atoms with E-state index in [1.165, 1.54) is 82.9 Å². The highest BCUT2D eigenvalue weighted by Crippen LogP contribution is 2.51. The zero-order chi connectivity index (χ0) is 44.3. The molecule has 2 heterocycles. The molecule has 0 amide bonds. The van der Waals surface area contributed by atoms with Crippen molar-refractivity contribution in [2.75, 3.05) is 10.2 Å². The van der Waals surface area contributed by atoms with Gasteiger partial charge in [-0.05, 0) is 122 Å². The van der Waals surface area contributed by atoms with Crippen LogP contribution in [-0.2, 0) is 16.2 Å². The molecule has 1 N–H and O–H groups in total. The van der Waals surface area contributed by atoms with Gasteiger partial charge in [0, 0.05) is 61.4 Å². The summed E-state index contributed by atoms with van der Waals surface area (Å²) in [5, 5.41) is 6.64. The smallest absolute Gasteiger partial charge is 0.212 e. The van der Waals surface area contributed by atoms with Crippen molar-refractivity contribution in [3.8, 4) is 27.9 Å². The molecule has 0 fully saturated rings. The lowest BCUT2D eigenvalue weighted by Crippen LogP contribution is -2.47. The van der Waals surface area contributed by atoms with E-state index in [2.05, 4.69) is 247 Å². The first-order chi connectivity index (χ1) is 30.7. The average Bonchev–Trinajstić information content (AvgIpc) is 3.74. The molecule has 314 valence electrons. The molecule has 8 aromatic carbocycles. The van der Waals surface area contributed by atoms with Crippen molar-refractivity contribution in [3.63, 3.8) is 0 Å². The molecule has 64 heavy (non-hydrogen) atoms. The summed E-state index contributed by atoms with van der Waals surface area (Å²) in [5.74, 6) is 0. The lowest BCUT2D eigenvalue weighted by atomic mass is 9.39. The highest BCUT2D eigenvalue weighted by molar-refractivity contribution is 6.88. The molecule has 11 rings (SSSR count). The minimum absolute atomic E-state index is 0.0636. The van der Waals surface area contributed by atoms with Crippen molar-refractivity contribution in [3.05, 3.63) is 192 Å². The first-order valence-electron chi connectivity index (χ1n) is 23.0. The standard InChI is InChI=1S/C60H56BN3/c1-58(2,3)38-28-30-39(31-29-38)62-52-33-32-42(63(40-20-12-10-13-21-40)41-22-14-11-15-23-41)34-46(52)47-35-50(59(4,5)6)55-44-25-17-19-27-53(44)64-54-36-45-43-24-16-18-26-48(43)60(7,8)49(45)37-51(54)61(9)56(47)57(55)64/h10-37,62H,1-9H3. The largest absolute Gasteiger partial charge is 0.355 e. The average molecular weight is 830 g/mol. The Balaban J connectivity index is 1.23. The van der Waals surface area contributed by atoms with Gasteiger partial charge in [-0.15, -0.1) is 0 Å². The Kier molecular flexibility index (Phi) is 8.99. The molecule has 2 aliphatic rings. The number of nitrogens with one attached hydrogen (secondary N) is 1. The van der Waals surface area contributed by atoms with Crippen LogP contribution in [0.25, 0.3) is 49.7 Å². The Morgan fingerprint density at radius 3 is 1.86 bits per heavy atom. The fraction of sp³-hybridized carbons (Fsp3) is 0.200. The Hall–Kier alpha value is -6.78. The normalized spacial score (nSPS) is 13.8. The zero-order valence-electron chi connectivity index (χ0n) is 38.6. The summed E-state index contributed by atoms with van der Waals surface area (Å²) in [6, 6.07) is 63.4. The lowest BCUT2D eigenvalue weighted by molar-refractivity contribution is 0.590. The summed E-state index contributed by atoms with van der Waals surface area (Å²) in [6.45, 7) is 21.3. The van der Waals surface area contributed by atoms with E-state index in [0.29, 0.717) is 0 Å². The zero-order valence-corrected chi connectivity index (χ0v) is 38.6. The fourth-order valence-corrected chi connectivity index (χ4v) is 11.0. The third kappa shape index (κ3) is 6.17. The van der Waals surface area contributed by atoms with E-state index in [-0.39, 0.29) is 23.0 Å². The van der Waals surface area contributed by atoms with Crippen LogP contribution < -0.4 is 21.1 Å². The molecule has 0 saturated carbocycles. The van der Waals surface area contributed by atoms with Crippen LogP contribution in [0.2, 0.25) is 6.82 Å². The first kappa shape index (κ1) is 40.0. The van der Waals surface area contributed by atoms with Crippen LogP contribution in [0.5, 0.6) is 0 Å². The summed E-state index contributed by atoms with van der Waals surface area (Å²) in [6.07, 6.45) is 0. The third-order valence-electron chi connectivity index (χ3n) is 14.3. The van der Waals surface area contributed by atoms with Crippen molar-refractivity contribution in [1.82, 2.24) is 4.57 Å². The minimum Gasteiger partial charge on any atom is -0.355 e. The Morgan fingerprint density at radius 1 is 0.547 bits per heavy atom. The summed E-state index contributed by atoms with van der Waals surface area (Å²) >= 11 is 0. The number of hydrogen-bond donors (Lipinski definition) is 1. The summed E-state index contributed by atoms with van der Waals surface area (Å²) in [4.78, 5) is 2.39. The quantitative estimate of drug-likeness (QED) is 0.169. The molecule has 0 radical (unpaired) electrons. The van der Waals surface area contributed by atoms with Gasteiger partial charge in [0.05, 0.1) is 5.52 Å². The number of para-hydroxylation sites is 3. The fourth-order valence-electron chi connectivity index (χ4n) is 11.0. The summed E-state index contributed by atoms with van der Waals surface area (Å²) in [5.41, 5.74) is 22.5. The molecule has 0 atom stereocenters. The van der Waals surface area contributed by atoms with E-state index in [1.54, 1.807) is 0 Å². The molecule has 1 aromatic heterocycles. The van der Waals surface area contributed by atoms with Gasteiger partial charge in [-0.2, -0.15) is 0 Å². The van der Waals surface area contributed by atoms with Crippen molar-refractivity contribution in [2.24, 2.45) is 0 Å². The monoisotopic (exact) mass is 829 g/mol. The highest BCUT2D eigenvalue weighted by Gasteiger charge is 2.40. The SMILES string of the molecule is CB1c2cc3c(cc2-n2c4ccccc4c4c(C(C)(C)C)cc(-c5cc(N(c6ccccc6)c6ccccc6)ccc5Nc5ccc(C(C)(C)C)cc5)c1c42)-c1ccccc1C3(C)C.